The van der Waals surface area contributed by atoms with E-state index in [1.807, 2.05) is 45.9 Å². The topological polar surface area (TPSA) is 104 Å². The predicted molar refractivity (Wildman–Crippen MR) is 128 cm³/mol. The van der Waals surface area contributed by atoms with Gasteiger partial charge in [0.05, 0.1) is 17.5 Å². The summed E-state index contributed by atoms with van der Waals surface area (Å²) in [4.78, 5) is 53.1. The van der Waals surface area contributed by atoms with Gasteiger partial charge in [0.25, 0.3) is 0 Å². The summed E-state index contributed by atoms with van der Waals surface area (Å²) in [6, 6.07) is 11.5. The number of Topliss-reactive ketones (excluding diaryl/α,β-unsaturated/α-hetero) is 1. The number of benzene rings is 2. The number of rotatable bonds is 6. The van der Waals surface area contributed by atoms with E-state index >= 15 is 0 Å². The molecule has 7 heteroatoms. The van der Waals surface area contributed by atoms with Crippen LogP contribution in [-0.4, -0.2) is 34.2 Å². The first-order valence-corrected chi connectivity index (χ1v) is 11.5. The van der Waals surface area contributed by atoms with Gasteiger partial charge in [-0.1, -0.05) is 37.6 Å². The lowest BCUT2D eigenvalue weighted by Crippen LogP contribution is -2.56. The van der Waals surface area contributed by atoms with E-state index in [2.05, 4.69) is 5.32 Å². The van der Waals surface area contributed by atoms with Crippen LogP contribution >= 0.6 is 0 Å². The Kier molecular flexibility index (Phi) is 5.94. The molecule has 0 radical (unpaired) electrons. The van der Waals surface area contributed by atoms with Crippen LogP contribution in [0.15, 0.2) is 42.5 Å². The first-order chi connectivity index (χ1) is 16.0. The highest BCUT2D eigenvalue weighted by Crippen LogP contribution is 2.52. The smallest absolute Gasteiger partial charge is 0.324 e. The molecule has 4 unspecified atom stereocenters. The molecule has 2 amide bonds. The maximum atomic E-state index is 13.8. The summed E-state index contributed by atoms with van der Waals surface area (Å²) in [6.45, 7) is 9.13. The molecule has 2 N–H and O–H groups in total. The minimum absolute atomic E-state index is 0.0200. The van der Waals surface area contributed by atoms with Gasteiger partial charge in [0.15, 0.2) is 5.78 Å². The third-order valence-corrected chi connectivity index (χ3v) is 7.07. The summed E-state index contributed by atoms with van der Waals surface area (Å²) in [5.74, 6) is -4.10. The molecule has 0 bridgehead atoms. The maximum absolute atomic E-state index is 13.8. The number of anilines is 1. The number of hydrogen-bond acceptors (Lipinski definition) is 5. The van der Waals surface area contributed by atoms with Gasteiger partial charge in [0.1, 0.15) is 5.54 Å². The highest BCUT2D eigenvalue weighted by atomic mass is 16.4. The van der Waals surface area contributed by atoms with Crippen molar-refractivity contribution in [2.24, 2.45) is 17.8 Å². The van der Waals surface area contributed by atoms with E-state index in [4.69, 9.17) is 0 Å². The van der Waals surface area contributed by atoms with E-state index in [1.54, 1.807) is 24.3 Å². The van der Waals surface area contributed by atoms with Crippen LogP contribution in [0.25, 0.3) is 0 Å². The second kappa shape index (κ2) is 8.47. The fraction of sp³-hybridized carbons (Fsp3) is 0.407. The van der Waals surface area contributed by atoms with Crippen molar-refractivity contribution in [1.29, 1.82) is 0 Å². The van der Waals surface area contributed by atoms with E-state index in [-0.39, 0.29) is 18.1 Å². The van der Waals surface area contributed by atoms with Crippen molar-refractivity contribution in [2.75, 3.05) is 4.90 Å². The van der Waals surface area contributed by atoms with Crippen molar-refractivity contribution >= 4 is 29.3 Å². The van der Waals surface area contributed by atoms with Crippen LogP contribution in [0.1, 0.15) is 60.3 Å². The number of aliphatic carboxylic acids is 1. The Bertz CT molecular complexity index is 1190. The molecule has 0 spiro atoms. The second-order valence-corrected chi connectivity index (χ2v) is 9.97. The number of carboxylic acids is 1. The number of hydrogen-bond donors (Lipinski definition) is 2. The number of imide groups is 1. The van der Waals surface area contributed by atoms with Gasteiger partial charge in [-0.3, -0.25) is 24.5 Å². The predicted octanol–water partition coefficient (Wildman–Crippen LogP) is 3.83. The Balaban J connectivity index is 1.87. The Labute approximate surface area is 199 Å². The Morgan fingerprint density at radius 3 is 2.26 bits per heavy atom. The lowest BCUT2D eigenvalue weighted by atomic mass is 9.75. The van der Waals surface area contributed by atoms with E-state index in [0.29, 0.717) is 11.3 Å². The zero-order chi connectivity index (χ0) is 24.9. The summed E-state index contributed by atoms with van der Waals surface area (Å²) in [6.07, 6.45) is 0.209. The number of aryl methyl sites for hydroxylation is 2. The van der Waals surface area contributed by atoms with Crippen LogP contribution in [0.5, 0.6) is 0 Å². The van der Waals surface area contributed by atoms with Crippen molar-refractivity contribution in [2.45, 2.75) is 52.6 Å². The van der Waals surface area contributed by atoms with Crippen LogP contribution in [0, 0.1) is 31.6 Å². The van der Waals surface area contributed by atoms with Gasteiger partial charge >= 0.3 is 5.97 Å². The fourth-order valence-electron chi connectivity index (χ4n) is 5.58. The second-order valence-electron chi connectivity index (χ2n) is 9.97. The molecule has 2 aromatic rings. The van der Waals surface area contributed by atoms with E-state index in [0.717, 1.165) is 21.6 Å². The third-order valence-electron chi connectivity index (χ3n) is 7.07. The molecular formula is C27H30N2O5. The molecule has 178 valence electrons. The number of ketones is 1. The molecule has 2 heterocycles. The average molecular weight is 463 g/mol. The first-order valence-electron chi connectivity index (χ1n) is 11.5. The van der Waals surface area contributed by atoms with Gasteiger partial charge < -0.3 is 5.11 Å². The van der Waals surface area contributed by atoms with Gasteiger partial charge in [0, 0.05) is 11.6 Å². The standard InChI is InChI=1S/C27H30N2O5/c1-14(2)13-27(26(33)34)22-21(23(28-27)20-12-15(3)6-7-16(20)4)24(31)29(25(22)32)19-10-8-18(9-11-19)17(5)30/h6-12,14,21-23,28H,13H2,1-5H3,(H,33,34). The van der Waals surface area contributed by atoms with Gasteiger partial charge in [-0.15, -0.1) is 0 Å². The largest absolute Gasteiger partial charge is 0.480 e. The molecule has 0 aliphatic carbocycles. The average Bonchev–Trinajstić information content (AvgIpc) is 3.24. The lowest BCUT2D eigenvalue weighted by Gasteiger charge is -2.32. The van der Waals surface area contributed by atoms with Gasteiger partial charge in [0.2, 0.25) is 11.8 Å². The molecule has 2 aliphatic heterocycles. The van der Waals surface area contributed by atoms with Crippen molar-refractivity contribution in [3.8, 4) is 0 Å². The Hall–Kier alpha value is -3.32. The normalized spacial score (nSPS) is 26.3. The SMILES string of the molecule is CC(=O)c1ccc(N2C(=O)C3C(c4cc(C)ccc4C)NC(CC(C)C)(C(=O)O)C3C2=O)cc1. The third kappa shape index (κ3) is 3.64. The molecule has 2 saturated heterocycles. The minimum Gasteiger partial charge on any atom is -0.480 e. The number of fused-ring (bicyclic) bond motifs is 1. The molecule has 34 heavy (non-hydrogen) atoms. The van der Waals surface area contributed by atoms with E-state index < -0.39 is 41.2 Å². The summed E-state index contributed by atoms with van der Waals surface area (Å²) in [7, 11) is 0. The molecule has 0 saturated carbocycles. The highest BCUT2D eigenvalue weighted by molar-refractivity contribution is 6.24. The number of amides is 2. The van der Waals surface area contributed by atoms with Gasteiger partial charge in [-0.2, -0.15) is 0 Å². The molecule has 2 aromatic carbocycles. The Morgan fingerprint density at radius 1 is 1.06 bits per heavy atom. The molecular weight excluding hydrogens is 432 g/mol. The highest BCUT2D eigenvalue weighted by Gasteiger charge is 2.68. The summed E-state index contributed by atoms with van der Waals surface area (Å²) in [5, 5.41) is 13.7. The Morgan fingerprint density at radius 2 is 1.71 bits per heavy atom. The molecule has 4 rings (SSSR count). The van der Waals surface area contributed by atoms with E-state index in [1.165, 1.54) is 6.92 Å². The van der Waals surface area contributed by atoms with E-state index in [9.17, 15) is 24.3 Å². The van der Waals surface area contributed by atoms with Crippen LogP contribution in [-0.2, 0) is 14.4 Å². The molecule has 0 aromatic heterocycles. The van der Waals surface area contributed by atoms with Crippen molar-refractivity contribution in [3.63, 3.8) is 0 Å². The van der Waals surface area contributed by atoms with Crippen LogP contribution in [0.4, 0.5) is 5.69 Å². The number of nitrogens with one attached hydrogen (secondary N) is 1. The number of carboxylic acid groups (broad SMARTS) is 1. The summed E-state index contributed by atoms with van der Waals surface area (Å²) < 4.78 is 0. The van der Waals surface area contributed by atoms with Crippen molar-refractivity contribution in [3.05, 3.63) is 64.7 Å². The van der Waals surface area contributed by atoms with Crippen LogP contribution in [0.3, 0.4) is 0 Å². The summed E-state index contributed by atoms with van der Waals surface area (Å²) >= 11 is 0. The lowest BCUT2D eigenvalue weighted by molar-refractivity contribution is -0.149. The zero-order valence-electron chi connectivity index (χ0n) is 20.1. The zero-order valence-corrected chi connectivity index (χ0v) is 20.1. The molecule has 4 atom stereocenters. The number of nitrogens with zero attached hydrogens (tertiary/aromatic N) is 1. The van der Waals surface area contributed by atoms with Crippen LogP contribution in [0.2, 0.25) is 0 Å². The first kappa shape index (κ1) is 23.8. The van der Waals surface area contributed by atoms with Gasteiger partial charge in [-0.25, -0.2) is 4.90 Å². The minimum atomic E-state index is -1.57. The maximum Gasteiger partial charge on any atom is 0.324 e. The fourth-order valence-corrected chi connectivity index (χ4v) is 5.58. The van der Waals surface area contributed by atoms with Crippen LogP contribution < -0.4 is 10.2 Å². The molecule has 2 fully saturated rings. The van der Waals surface area contributed by atoms with Crippen molar-refractivity contribution in [1.82, 2.24) is 5.32 Å². The van der Waals surface area contributed by atoms with Gasteiger partial charge in [-0.05, 0) is 68.5 Å². The number of carbonyl (C=O) groups excluding carboxylic acids is 3. The molecule has 2 aliphatic rings. The number of carbonyl (C=O) groups is 4. The molecule has 7 nitrogen and oxygen atoms in total. The quantitative estimate of drug-likeness (QED) is 0.500. The van der Waals surface area contributed by atoms with Crippen molar-refractivity contribution < 1.29 is 24.3 Å². The monoisotopic (exact) mass is 462 g/mol. The summed E-state index contributed by atoms with van der Waals surface area (Å²) in [5.41, 5.74) is 1.99.